The van der Waals surface area contributed by atoms with Gasteiger partial charge in [0.15, 0.2) is 0 Å². The highest BCUT2D eigenvalue weighted by Crippen LogP contribution is 2.26. The molecule has 174 valence electrons. The Balaban J connectivity index is 2.01. The minimum atomic E-state index is -0.145. The highest BCUT2D eigenvalue weighted by Gasteiger charge is 2.32. The average molecular weight is 445 g/mol. The Morgan fingerprint density at radius 2 is 1.79 bits per heavy atom. The second-order valence-corrected chi connectivity index (χ2v) is 9.42. The van der Waals surface area contributed by atoms with E-state index >= 15 is 0 Å². The first-order valence-corrected chi connectivity index (χ1v) is 11.7. The quantitative estimate of drug-likeness (QED) is 0.406. The van der Waals surface area contributed by atoms with Crippen LogP contribution in [-0.4, -0.2) is 47.5 Å². The zero-order valence-corrected chi connectivity index (χ0v) is 21.3. The van der Waals surface area contributed by atoms with Crippen LogP contribution in [0.15, 0.2) is 56.6 Å². The Labute approximate surface area is 198 Å². The van der Waals surface area contributed by atoms with E-state index in [1.807, 2.05) is 32.0 Å². The van der Waals surface area contributed by atoms with Crippen LogP contribution in [0.25, 0.3) is 0 Å². The van der Waals surface area contributed by atoms with Gasteiger partial charge in [0.25, 0.3) is 0 Å². The van der Waals surface area contributed by atoms with Crippen molar-refractivity contribution >= 4 is 34.4 Å². The Morgan fingerprint density at radius 3 is 2.39 bits per heavy atom. The van der Waals surface area contributed by atoms with E-state index in [0.717, 1.165) is 58.7 Å². The van der Waals surface area contributed by atoms with Crippen molar-refractivity contribution in [2.24, 2.45) is 25.6 Å². The minimum Gasteiger partial charge on any atom is -0.357 e. The molecule has 1 aliphatic rings. The fraction of sp³-hybridized carbons (Fsp3) is 0.444. The first kappa shape index (κ1) is 24.5. The van der Waals surface area contributed by atoms with Gasteiger partial charge in [0.05, 0.1) is 29.3 Å². The summed E-state index contributed by atoms with van der Waals surface area (Å²) in [6.45, 7) is 19.1. The van der Waals surface area contributed by atoms with Crippen molar-refractivity contribution in [3.8, 4) is 0 Å². The third-order valence-corrected chi connectivity index (χ3v) is 5.71. The molecular formula is C27H36N6. The summed E-state index contributed by atoms with van der Waals surface area (Å²) in [4.78, 5) is 16.8. The number of aromatic nitrogens is 1. The number of aryl methyl sites for hydroxylation is 2. The largest absolute Gasteiger partial charge is 0.357 e. The maximum Gasteiger partial charge on any atom is 0.128 e. The molecule has 0 saturated heterocycles. The van der Waals surface area contributed by atoms with Crippen LogP contribution in [0.5, 0.6) is 0 Å². The van der Waals surface area contributed by atoms with Gasteiger partial charge in [-0.05, 0) is 52.3 Å². The summed E-state index contributed by atoms with van der Waals surface area (Å²) in [6, 6.07) is 12.4. The Hall–Kier alpha value is -3.15. The third-order valence-electron chi connectivity index (χ3n) is 5.71. The second-order valence-electron chi connectivity index (χ2n) is 9.42. The van der Waals surface area contributed by atoms with Crippen LogP contribution >= 0.6 is 0 Å². The van der Waals surface area contributed by atoms with Crippen molar-refractivity contribution < 1.29 is 0 Å². The summed E-state index contributed by atoms with van der Waals surface area (Å²) in [5.74, 6) is 0.977. The van der Waals surface area contributed by atoms with Crippen LogP contribution in [0.1, 0.15) is 58.4 Å². The lowest BCUT2D eigenvalue weighted by Crippen LogP contribution is -2.29. The number of aliphatic imine (C=N–C) groups is 2. The third kappa shape index (κ3) is 5.81. The predicted octanol–water partition coefficient (Wildman–Crippen LogP) is 5.98. The molecule has 3 rings (SSSR count). The summed E-state index contributed by atoms with van der Waals surface area (Å²) < 4.78 is 0. The minimum absolute atomic E-state index is 0.145. The highest BCUT2D eigenvalue weighted by atomic mass is 15.2. The van der Waals surface area contributed by atoms with E-state index < -0.39 is 0 Å². The molecule has 0 amide bonds. The molecule has 6 nitrogen and oxygen atoms in total. The van der Waals surface area contributed by atoms with E-state index in [1.165, 1.54) is 5.56 Å². The van der Waals surface area contributed by atoms with Gasteiger partial charge in [0, 0.05) is 18.5 Å². The van der Waals surface area contributed by atoms with E-state index in [-0.39, 0.29) is 5.41 Å². The Morgan fingerprint density at radius 1 is 1.06 bits per heavy atom. The number of anilines is 1. The first-order valence-electron chi connectivity index (χ1n) is 11.7. The molecule has 0 unspecified atom stereocenters. The first-order chi connectivity index (χ1) is 15.6. The monoisotopic (exact) mass is 444 g/mol. The number of hydrogen-bond donors (Lipinski definition) is 0. The van der Waals surface area contributed by atoms with Crippen molar-refractivity contribution in [2.45, 2.75) is 55.4 Å². The smallest absolute Gasteiger partial charge is 0.128 e. The lowest BCUT2D eigenvalue weighted by molar-refractivity contribution is 0.598. The molecule has 0 aliphatic carbocycles. The molecule has 6 heteroatoms. The SMILES string of the molecule is CCN(CC)c1ccc(N=C2C(C(C)(C)C)=NC/C2=N\N=C(/C)c2cccc(C)c2)c(C)n1. The molecule has 1 aromatic carbocycles. The van der Waals surface area contributed by atoms with Crippen molar-refractivity contribution in [3.05, 3.63) is 53.2 Å². The summed E-state index contributed by atoms with van der Waals surface area (Å²) in [5.41, 5.74) is 7.29. The zero-order chi connectivity index (χ0) is 24.2. The molecule has 2 aromatic rings. The van der Waals surface area contributed by atoms with Crippen molar-refractivity contribution in [1.82, 2.24) is 4.98 Å². The van der Waals surface area contributed by atoms with Gasteiger partial charge >= 0.3 is 0 Å². The fourth-order valence-corrected chi connectivity index (χ4v) is 3.80. The van der Waals surface area contributed by atoms with Crippen LogP contribution in [-0.2, 0) is 0 Å². The van der Waals surface area contributed by atoms with E-state index in [4.69, 9.17) is 15.0 Å². The molecular weight excluding hydrogens is 408 g/mol. The topological polar surface area (TPSA) is 65.6 Å². The van der Waals surface area contributed by atoms with Gasteiger partial charge in [0.1, 0.15) is 17.2 Å². The maximum absolute atomic E-state index is 5.01. The number of nitrogens with zero attached hydrogens (tertiary/aromatic N) is 6. The molecule has 0 fully saturated rings. The molecule has 0 spiro atoms. The number of rotatable bonds is 6. The van der Waals surface area contributed by atoms with Gasteiger partial charge in [-0.2, -0.15) is 10.2 Å². The number of benzene rings is 1. The van der Waals surface area contributed by atoms with Crippen LogP contribution in [0.3, 0.4) is 0 Å². The molecule has 2 heterocycles. The summed E-state index contributed by atoms with van der Waals surface area (Å²) in [7, 11) is 0. The lowest BCUT2D eigenvalue weighted by atomic mass is 9.87. The van der Waals surface area contributed by atoms with E-state index in [0.29, 0.717) is 6.54 Å². The van der Waals surface area contributed by atoms with E-state index in [2.05, 4.69) is 74.8 Å². The maximum atomic E-state index is 5.01. The second kappa shape index (κ2) is 10.2. The van der Waals surface area contributed by atoms with Gasteiger partial charge in [-0.15, -0.1) is 0 Å². The van der Waals surface area contributed by atoms with E-state index in [1.54, 1.807) is 0 Å². The lowest BCUT2D eigenvalue weighted by Gasteiger charge is -2.21. The zero-order valence-electron chi connectivity index (χ0n) is 21.3. The molecule has 0 bridgehead atoms. The van der Waals surface area contributed by atoms with Gasteiger partial charge in [-0.3, -0.25) is 4.99 Å². The predicted molar refractivity (Wildman–Crippen MR) is 142 cm³/mol. The van der Waals surface area contributed by atoms with Gasteiger partial charge in [-0.1, -0.05) is 50.6 Å². The molecule has 1 aromatic heterocycles. The van der Waals surface area contributed by atoms with Crippen LogP contribution in [0, 0.1) is 19.3 Å². The van der Waals surface area contributed by atoms with Crippen molar-refractivity contribution in [2.75, 3.05) is 24.5 Å². The van der Waals surface area contributed by atoms with Crippen LogP contribution in [0.2, 0.25) is 0 Å². The summed E-state index contributed by atoms with van der Waals surface area (Å²) >= 11 is 0. The molecule has 0 N–H and O–H groups in total. The molecule has 1 aliphatic heterocycles. The Bertz CT molecular complexity index is 1130. The van der Waals surface area contributed by atoms with Crippen LogP contribution < -0.4 is 4.90 Å². The van der Waals surface area contributed by atoms with Gasteiger partial charge in [-0.25, -0.2) is 9.98 Å². The normalized spacial score (nSPS) is 17.1. The summed E-state index contributed by atoms with van der Waals surface area (Å²) in [6.07, 6.45) is 0. The standard InChI is InChI=1S/C27H36N6/c1-9-33(10-2)24-15-14-22(20(5)29-24)30-25-23(17-28-26(25)27(6,7)8)32-31-19(4)21-13-11-12-18(3)16-21/h11-16H,9-10,17H2,1-8H3/b30-25?,31-19+,32-23+. The fourth-order valence-electron chi connectivity index (χ4n) is 3.80. The van der Waals surface area contributed by atoms with Crippen molar-refractivity contribution in [1.29, 1.82) is 0 Å². The molecule has 0 saturated carbocycles. The Kier molecular flexibility index (Phi) is 7.57. The number of pyridine rings is 1. The number of hydrogen-bond acceptors (Lipinski definition) is 6. The summed E-state index contributed by atoms with van der Waals surface area (Å²) in [5, 5.41) is 9.14. The van der Waals surface area contributed by atoms with Crippen LogP contribution in [0.4, 0.5) is 11.5 Å². The molecule has 0 radical (unpaired) electrons. The van der Waals surface area contributed by atoms with E-state index in [9.17, 15) is 0 Å². The molecule has 33 heavy (non-hydrogen) atoms. The van der Waals surface area contributed by atoms with Crippen molar-refractivity contribution in [3.63, 3.8) is 0 Å². The molecule has 0 atom stereocenters. The van der Waals surface area contributed by atoms with Gasteiger partial charge < -0.3 is 4.90 Å². The van der Waals surface area contributed by atoms with Gasteiger partial charge in [0.2, 0.25) is 0 Å². The average Bonchev–Trinajstić information content (AvgIpc) is 3.17. The highest BCUT2D eigenvalue weighted by molar-refractivity contribution is 6.72.